The maximum Gasteiger partial charge on any atom is 0.647 e. The zero-order valence-corrected chi connectivity index (χ0v) is 20.7. The fraction of sp³-hybridized carbons (Fsp3) is 0.143. The first-order valence-corrected chi connectivity index (χ1v) is 11.6. The van der Waals surface area contributed by atoms with Crippen LogP contribution in [-0.2, 0) is 4.57 Å². The third kappa shape index (κ3) is 10.3. The number of rotatable bonds is 6. The average molecular weight is 484 g/mol. The molecule has 3 rings (SSSR count). The predicted octanol–water partition coefficient (Wildman–Crippen LogP) is 5.51. The maximum absolute atomic E-state index is 13.3. The molecule has 3 aromatic carbocycles. The zero-order valence-electron chi connectivity index (χ0n) is 17.5. The number of aryl methyl sites for hydroxylation is 3. The average Bonchev–Trinajstić information content (AvgIpc) is 2.67. The van der Waals surface area contributed by atoms with E-state index in [0.29, 0.717) is 17.2 Å². The van der Waals surface area contributed by atoms with Gasteiger partial charge in [-0.15, -0.1) is 0 Å². The van der Waals surface area contributed by atoms with Crippen molar-refractivity contribution in [1.82, 2.24) is 0 Å². The molecule has 0 aromatic heterocycles. The van der Waals surface area contributed by atoms with Crippen molar-refractivity contribution in [3.63, 3.8) is 0 Å². The first-order chi connectivity index (χ1) is 14.1. The molecular weight excluding hydrogens is 457 g/mol. The van der Waals surface area contributed by atoms with Crippen LogP contribution < -0.4 is 13.6 Å². The Hall–Kier alpha value is -1.97. The van der Waals surface area contributed by atoms with Gasteiger partial charge in [0, 0.05) is 0 Å². The van der Waals surface area contributed by atoms with Crippen LogP contribution in [0, 0.1) is 20.8 Å². The van der Waals surface area contributed by atoms with Crippen LogP contribution in [0.4, 0.5) is 0 Å². The van der Waals surface area contributed by atoms with E-state index in [-0.39, 0.29) is 9.90 Å². The van der Waals surface area contributed by atoms with Crippen molar-refractivity contribution in [2.24, 2.45) is 0 Å². The van der Waals surface area contributed by atoms with E-state index in [1.165, 1.54) is 0 Å². The summed E-state index contributed by atoms with van der Waals surface area (Å²) >= 11 is 0. The van der Waals surface area contributed by atoms with Crippen molar-refractivity contribution < 1.29 is 32.8 Å². The van der Waals surface area contributed by atoms with Crippen LogP contribution in [-0.4, -0.2) is 14.7 Å². The van der Waals surface area contributed by atoms with Gasteiger partial charge < -0.3 is 28.3 Å². The largest absolute Gasteiger partial charge is 0.647 e. The second-order valence-corrected chi connectivity index (χ2v) is 8.41. The Kier molecular flexibility index (Phi) is 11.2. The van der Waals surface area contributed by atoms with Gasteiger partial charge in [0.15, 0.2) is 0 Å². The van der Waals surface area contributed by atoms with E-state index in [0.717, 1.165) is 16.7 Å². The quantitative estimate of drug-likeness (QED) is 0.397. The predicted molar refractivity (Wildman–Crippen MR) is 128 cm³/mol. The Bertz CT molecular complexity index is 835. The fourth-order valence-electron chi connectivity index (χ4n) is 2.24. The molecule has 0 saturated heterocycles. The standard InChI is InChI=1S/C21H21O4P.H3O3P.H3P/c1-16-4-10-19(11-5-16)23-26(22,24-20-12-6-17(2)7-13-20)25-21-14-8-18(3)9-15-21;1-4(2)3;/h4-15H,1-3H3;1-3H;1H3. The molecule has 0 aliphatic rings. The first-order valence-electron chi connectivity index (χ1n) is 8.91. The minimum absolute atomic E-state index is 0. The third-order valence-corrected chi connectivity index (χ3v) is 5.02. The molecule has 0 amide bonds. The molecule has 1 unspecified atom stereocenters. The van der Waals surface area contributed by atoms with Gasteiger partial charge in [-0.1, -0.05) is 53.1 Å². The molecule has 0 radical (unpaired) electrons. The number of benzene rings is 3. The van der Waals surface area contributed by atoms with E-state index in [9.17, 15) is 4.57 Å². The molecule has 3 N–H and O–H groups in total. The van der Waals surface area contributed by atoms with Crippen LogP contribution in [0.15, 0.2) is 72.8 Å². The molecule has 0 aliphatic carbocycles. The van der Waals surface area contributed by atoms with Crippen LogP contribution >= 0.6 is 26.3 Å². The van der Waals surface area contributed by atoms with Crippen LogP contribution in [0.25, 0.3) is 0 Å². The number of phosphoric ester groups is 1. The molecule has 0 bridgehead atoms. The van der Waals surface area contributed by atoms with Gasteiger partial charge in [-0.2, -0.15) is 14.5 Å². The highest BCUT2D eigenvalue weighted by atomic mass is 31.2. The minimum Gasteiger partial charge on any atom is -0.386 e. The minimum atomic E-state index is -3.93. The van der Waals surface area contributed by atoms with Gasteiger partial charge in [0.2, 0.25) is 0 Å². The first kappa shape index (κ1) is 27.1. The molecule has 0 saturated carbocycles. The topological polar surface area (TPSA) is 105 Å². The summed E-state index contributed by atoms with van der Waals surface area (Å²) in [5, 5.41) is 0. The number of hydrogen-bond acceptors (Lipinski definition) is 7. The van der Waals surface area contributed by atoms with E-state index in [2.05, 4.69) is 0 Å². The summed E-state index contributed by atoms with van der Waals surface area (Å²) in [4.78, 5) is 21.7. The van der Waals surface area contributed by atoms with Crippen LogP contribution in [0.1, 0.15) is 16.7 Å². The van der Waals surface area contributed by atoms with Gasteiger partial charge in [0.25, 0.3) is 0 Å². The van der Waals surface area contributed by atoms with Gasteiger partial charge >= 0.3 is 16.4 Å². The van der Waals surface area contributed by atoms with Crippen LogP contribution in [0.2, 0.25) is 0 Å². The molecule has 0 fully saturated rings. The second-order valence-electron chi connectivity index (χ2n) is 6.43. The molecule has 168 valence electrons. The van der Waals surface area contributed by atoms with Gasteiger partial charge in [-0.3, -0.25) is 0 Å². The summed E-state index contributed by atoms with van der Waals surface area (Å²) in [5.74, 6) is 1.24. The normalized spacial score (nSPS) is 10.4. The lowest BCUT2D eigenvalue weighted by molar-refractivity contribution is 0.298. The molecule has 0 spiro atoms. The van der Waals surface area contributed by atoms with E-state index in [4.69, 9.17) is 28.3 Å². The Balaban J connectivity index is 0.000000885. The lowest BCUT2D eigenvalue weighted by atomic mass is 10.2. The highest BCUT2D eigenvalue weighted by Crippen LogP contribution is 2.49. The molecular formula is C21H27O7P3. The van der Waals surface area contributed by atoms with Crippen LogP contribution in [0.3, 0.4) is 0 Å². The molecule has 1 atom stereocenters. The van der Waals surface area contributed by atoms with E-state index in [1.54, 1.807) is 36.4 Å². The Labute approximate surface area is 186 Å². The molecule has 0 heterocycles. The lowest BCUT2D eigenvalue weighted by Crippen LogP contribution is -2.07. The summed E-state index contributed by atoms with van der Waals surface area (Å²) in [6.45, 7) is 5.90. The monoisotopic (exact) mass is 484 g/mol. The summed E-state index contributed by atoms with van der Waals surface area (Å²) in [6.07, 6.45) is 0. The third-order valence-electron chi connectivity index (χ3n) is 3.71. The van der Waals surface area contributed by atoms with Crippen molar-refractivity contribution in [3.8, 4) is 17.2 Å². The Morgan fingerprint density at radius 3 is 0.968 bits per heavy atom. The van der Waals surface area contributed by atoms with Crippen molar-refractivity contribution >= 4 is 26.3 Å². The summed E-state index contributed by atoms with van der Waals surface area (Å²) in [5.41, 5.74) is 3.23. The van der Waals surface area contributed by atoms with E-state index in [1.807, 2.05) is 57.2 Å². The van der Waals surface area contributed by atoms with Gasteiger partial charge in [0.05, 0.1) is 0 Å². The number of hydrogen-bond donors (Lipinski definition) is 3. The molecule has 10 heteroatoms. The molecule has 31 heavy (non-hydrogen) atoms. The van der Waals surface area contributed by atoms with Crippen molar-refractivity contribution in [1.29, 1.82) is 0 Å². The molecule has 0 aliphatic heterocycles. The van der Waals surface area contributed by atoms with Crippen molar-refractivity contribution in [2.45, 2.75) is 20.8 Å². The van der Waals surface area contributed by atoms with Gasteiger partial charge in [-0.25, -0.2) is 0 Å². The Morgan fingerprint density at radius 1 is 0.581 bits per heavy atom. The SMILES string of the molecule is Cc1ccc(OP(=O)(Oc2ccc(C)cc2)Oc2ccc(C)cc2)cc1.OP(O)O.P. The molecule has 3 aromatic rings. The summed E-state index contributed by atoms with van der Waals surface area (Å²) in [6, 6.07) is 21.6. The summed E-state index contributed by atoms with van der Waals surface area (Å²) in [7, 11) is -6.55. The highest BCUT2D eigenvalue weighted by molar-refractivity contribution is 7.49. The molecule has 7 nitrogen and oxygen atoms in total. The highest BCUT2D eigenvalue weighted by Gasteiger charge is 2.33. The number of phosphoric acid groups is 1. The van der Waals surface area contributed by atoms with Crippen molar-refractivity contribution in [2.75, 3.05) is 0 Å². The van der Waals surface area contributed by atoms with Crippen LogP contribution in [0.5, 0.6) is 17.2 Å². The zero-order chi connectivity index (χ0) is 22.1. The summed E-state index contributed by atoms with van der Waals surface area (Å²) < 4.78 is 30.2. The smallest absolute Gasteiger partial charge is 0.386 e. The van der Waals surface area contributed by atoms with Crippen molar-refractivity contribution in [3.05, 3.63) is 89.5 Å². The fourth-order valence-corrected chi connectivity index (χ4v) is 3.49. The van der Waals surface area contributed by atoms with Gasteiger partial charge in [-0.05, 0) is 57.2 Å². The second kappa shape index (κ2) is 12.8. The lowest BCUT2D eigenvalue weighted by Gasteiger charge is -2.19. The maximum atomic E-state index is 13.3. The van der Waals surface area contributed by atoms with Gasteiger partial charge in [0.1, 0.15) is 17.2 Å². The Morgan fingerprint density at radius 2 is 0.774 bits per heavy atom. The van der Waals surface area contributed by atoms with E-state index >= 15 is 0 Å². The van der Waals surface area contributed by atoms with E-state index < -0.39 is 16.4 Å².